The van der Waals surface area contributed by atoms with Crippen molar-refractivity contribution in [2.45, 2.75) is 25.6 Å². The van der Waals surface area contributed by atoms with Crippen LogP contribution in [0.2, 0.25) is 0 Å². The molecule has 0 N–H and O–H groups in total. The predicted octanol–water partition coefficient (Wildman–Crippen LogP) is 3.28. The summed E-state index contributed by atoms with van der Waals surface area (Å²) in [5.41, 5.74) is 2.78. The lowest BCUT2D eigenvalue weighted by Gasteiger charge is -2.12. The molecule has 15 heavy (non-hydrogen) atoms. The van der Waals surface area contributed by atoms with Crippen molar-refractivity contribution in [3.05, 3.63) is 28.8 Å². The van der Waals surface area contributed by atoms with Crippen LogP contribution in [0.25, 0.3) is 0 Å². The van der Waals surface area contributed by atoms with Crippen LogP contribution in [-0.4, -0.2) is 17.7 Å². The zero-order valence-electron chi connectivity index (χ0n) is 9.43. The number of hydrogen-bond acceptors (Lipinski definition) is 2. The molecule has 1 aromatic carbocycles. The Kier molecular flexibility index (Phi) is 3.91. The highest BCUT2D eigenvalue weighted by Gasteiger charge is 2.16. The highest BCUT2D eigenvalue weighted by atomic mass is 79.9. The average Bonchev–Trinajstić information content (AvgIpc) is 2.21. The van der Waals surface area contributed by atoms with Crippen LogP contribution in [0.1, 0.15) is 28.4 Å². The Morgan fingerprint density at radius 3 is 2.40 bits per heavy atom. The summed E-state index contributed by atoms with van der Waals surface area (Å²) in [6.45, 7) is 5.74. The van der Waals surface area contributed by atoms with Crippen molar-refractivity contribution in [3.8, 4) is 5.75 Å². The van der Waals surface area contributed by atoms with E-state index < -0.39 is 0 Å². The van der Waals surface area contributed by atoms with Crippen LogP contribution in [0, 0.1) is 13.8 Å². The molecule has 1 atom stereocenters. The summed E-state index contributed by atoms with van der Waals surface area (Å²) in [6, 6.07) is 3.66. The standard InChI is InChI=1S/C12H15BrO2/c1-7-8(2)11(15-4)6-5-10(7)12(14)9(3)13/h5-6,9H,1-4H3. The van der Waals surface area contributed by atoms with Gasteiger partial charge in [0.05, 0.1) is 11.9 Å². The molecule has 0 aliphatic carbocycles. The lowest BCUT2D eigenvalue weighted by Crippen LogP contribution is -2.12. The van der Waals surface area contributed by atoms with Gasteiger partial charge in [-0.1, -0.05) is 15.9 Å². The summed E-state index contributed by atoms with van der Waals surface area (Å²) in [4.78, 5) is 11.7. The number of ether oxygens (including phenoxy) is 1. The molecule has 0 bridgehead atoms. The third kappa shape index (κ3) is 2.40. The first-order valence-corrected chi connectivity index (χ1v) is 5.73. The van der Waals surface area contributed by atoms with E-state index in [0.717, 1.165) is 22.4 Å². The first-order valence-electron chi connectivity index (χ1n) is 4.81. The van der Waals surface area contributed by atoms with Crippen LogP contribution in [0.4, 0.5) is 0 Å². The fraction of sp³-hybridized carbons (Fsp3) is 0.417. The fourth-order valence-electron chi connectivity index (χ4n) is 1.50. The van der Waals surface area contributed by atoms with E-state index >= 15 is 0 Å². The summed E-state index contributed by atoms with van der Waals surface area (Å²) in [7, 11) is 1.64. The molecule has 1 unspecified atom stereocenters. The molecular formula is C12H15BrO2. The van der Waals surface area contributed by atoms with Gasteiger partial charge in [-0.3, -0.25) is 4.79 Å². The van der Waals surface area contributed by atoms with E-state index in [1.54, 1.807) is 7.11 Å². The van der Waals surface area contributed by atoms with Gasteiger partial charge in [0.2, 0.25) is 0 Å². The molecule has 1 rings (SSSR count). The van der Waals surface area contributed by atoms with Gasteiger partial charge in [-0.2, -0.15) is 0 Å². The van der Waals surface area contributed by atoms with Crippen molar-refractivity contribution in [2.75, 3.05) is 7.11 Å². The van der Waals surface area contributed by atoms with Gasteiger partial charge in [-0.25, -0.2) is 0 Å². The van der Waals surface area contributed by atoms with E-state index in [4.69, 9.17) is 4.74 Å². The van der Waals surface area contributed by atoms with Crippen molar-refractivity contribution in [1.29, 1.82) is 0 Å². The number of ketones is 1. The van der Waals surface area contributed by atoms with Crippen molar-refractivity contribution in [2.24, 2.45) is 0 Å². The molecule has 0 spiro atoms. The Bertz CT molecular complexity index is 383. The van der Waals surface area contributed by atoms with Crippen molar-refractivity contribution >= 4 is 21.7 Å². The van der Waals surface area contributed by atoms with Crippen LogP contribution in [-0.2, 0) is 0 Å². The number of carbonyl (C=O) groups excluding carboxylic acids is 1. The zero-order valence-corrected chi connectivity index (χ0v) is 11.0. The highest BCUT2D eigenvalue weighted by molar-refractivity contribution is 9.10. The number of methoxy groups -OCH3 is 1. The number of hydrogen-bond donors (Lipinski definition) is 0. The second kappa shape index (κ2) is 4.79. The first-order chi connectivity index (χ1) is 6.99. The normalized spacial score (nSPS) is 12.3. The van der Waals surface area contributed by atoms with Crippen molar-refractivity contribution in [1.82, 2.24) is 0 Å². The third-order valence-electron chi connectivity index (χ3n) is 2.58. The van der Waals surface area contributed by atoms with Gasteiger partial charge >= 0.3 is 0 Å². The summed E-state index contributed by atoms with van der Waals surface area (Å²) < 4.78 is 5.20. The summed E-state index contributed by atoms with van der Waals surface area (Å²) in [6.07, 6.45) is 0. The van der Waals surface area contributed by atoms with Gasteiger partial charge < -0.3 is 4.74 Å². The Morgan fingerprint density at radius 1 is 1.33 bits per heavy atom. The van der Waals surface area contributed by atoms with Crippen LogP contribution in [0.15, 0.2) is 12.1 Å². The maximum atomic E-state index is 11.8. The first kappa shape index (κ1) is 12.2. The summed E-state index contributed by atoms with van der Waals surface area (Å²) >= 11 is 3.29. The van der Waals surface area contributed by atoms with Gasteiger partial charge in [0, 0.05) is 5.56 Å². The molecule has 1 aromatic rings. The van der Waals surface area contributed by atoms with Crippen LogP contribution in [0.3, 0.4) is 0 Å². The van der Waals surface area contributed by atoms with Gasteiger partial charge in [-0.15, -0.1) is 0 Å². The minimum atomic E-state index is -0.149. The molecule has 0 aliphatic heterocycles. The Hall–Kier alpha value is -0.830. The monoisotopic (exact) mass is 270 g/mol. The number of Topliss-reactive ketones (excluding diaryl/α,β-unsaturated/α-hetero) is 1. The van der Waals surface area contributed by atoms with Gasteiger partial charge in [-0.05, 0) is 44.0 Å². The largest absolute Gasteiger partial charge is 0.496 e. The Labute approximate surface area is 98.8 Å². The Morgan fingerprint density at radius 2 is 1.93 bits per heavy atom. The lowest BCUT2D eigenvalue weighted by molar-refractivity contribution is 0.0995. The summed E-state index contributed by atoms with van der Waals surface area (Å²) in [5, 5.41) is 0. The van der Waals surface area contributed by atoms with E-state index in [1.165, 1.54) is 0 Å². The fourth-order valence-corrected chi connectivity index (χ4v) is 1.74. The zero-order chi connectivity index (χ0) is 11.6. The number of rotatable bonds is 3. The quantitative estimate of drug-likeness (QED) is 0.623. The van der Waals surface area contributed by atoms with E-state index in [2.05, 4.69) is 15.9 Å². The molecule has 0 heterocycles. The number of benzene rings is 1. The van der Waals surface area contributed by atoms with E-state index in [0.29, 0.717) is 0 Å². The lowest BCUT2D eigenvalue weighted by atomic mass is 9.98. The van der Waals surface area contributed by atoms with E-state index in [-0.39, 0.29) is 10.6 Å². The maximum Gasteiger partial charge on any atom is 0.176 e. The second-order valence-corrected chi connectivity index (χ2v) is 4.92. The van der Waals surface area contributed by atoms with Crippen molar-refractivity contribution in [3.63, 3.8) is 0 Å². The minimum Gasteiger partial charge on any atom is -0.496 e. The minimum absolute atomic E-state index is 0.109. The molecule has 0 aromatic heterocycles. The molecule has 0 fully saturated rings. The second-order valence-electron chi connectivity index (χ2n) is 3.55. The Balaban J connectivity index is 3.23. The van der Waals surface area contributed by atoms with Crippen LogP contribution < -0.4 is 4.74 Å². The van der Waals surface area contributed by atoms with E-state index in [1.807, 2.05) is 32.9 Å². The van der Waals surface area contributed by atoms with Crippen molar-refractivity contribution < 1.29 is 9.53 Å². The maximum absolute atomic E-state index is 11.8. The highest BCUT2D eigenvalue weighted by Crippen LogP contribution is 2.25. The van der Waals surface area contributed by atoms with Gasteiger partial charge in [0.1, 0.15) is 5.75 Å². The molecule has 0 saturated heterocycles. The third-order valence-corrected chi connectivity index (χ3v) is 3.00. The number of halogens is 1. The number of alkyl halides is 1. The average molecular weight is 271 g/mol. The van der Waals surface area contributed by atoms with E-state index in [9.17, 15) is 4.79 Å². The van der Waals surface area contributed by atoms with Crippen LogP contribution in [0.5, 0.6) is 5.75 Å². The molecule has 0 radical (unpaired) electrons. The molecule has 0 amide bonds. The SMILES string of the molecule is COc1ccc(C(=O)C(C)Br)c(C)c1C. The van der Waals surface area contributed by atoms with Gasteiger partial charge in [0.15, 0.2) is 5.78 Å². The molecule has 3 heteroatoms. The molecular weight excluding hydrogens is 256 g/mol. The molecule has 2 nitrogen and oxygen atoms in total. The van der Waals surface area contributed by atoms with Gasteiger partial charge in [0.25, 0.3) is 0 Å². The van der Waals surface area contributed by atoms with Crippen LogP contribution >= 0.6 is 15.9 Å². The predicted molar refractivity (Wildman–Crippen MR) is 65.2 cm³/mol. The molecule has 0 saturated carbocycles. The topological polar surface area (TPSA) is 26.3 Å². The molecule has 0 aliphatic rings. The molecule has 82 valence electrons. The summed E-state index contributed by atoms with van der Waals surface area (Å²) in [5.74, 6) is 0.935. The number of carbonyl (C=O) groups is 1. The smallest absolute Gasteiger partial charge is 0.176 e.